The van der Waals surface area contributed by atoms with E-state index in [1.807, 2.05) is 6.07 Å². The number of nitro benzene ring substituents is 1. The highest BCUT2D eigenvalue weighted by atomic mass is 19.1. The molecule has 0 heterocycles. The van der Waals surface area contributed by atoms with Gasteiger partial charge in [-0.1, -0.05) is 6.07 Å². The van der Waals surface area contributed by atoms with Gasteiger partial charge in [0.1, 0.15) is 17.3 Å². The minimum atomic E-state index is -0.725. The van der Waals surface area contributed by atoms with Crippen molar-refractivity contribution in [2.24, 2.45) is 0 Å². The Morgan fingerprint density at radius 3 is 2.62 bits per heavy atom. The minimum Gasteiger partial charge on any atom is -0.375 e. The first kappa shape index (κ1) is 14.4. The fourth-order valence-electron chi connectivity index (χ4n) is 1.76. The molecule has 1 N–H and O–H groups in total. The van der Waals surface area contributed by atoms with Gasteiger partial charge >= 0.3 is 0 Å². The molecule has 21 heavy (non-hydrogen) atoms. The molecule has 7 heteroatoms. The summed E-state index contributed by atoms with van der Waals surface area (Å²) in [6.45, 7) is -0.0238. The van der Waals surface area contributed by atoms with Crippen molar-refractivity contribution in [3.8, 4) is 6.07 Å². The number of nitrogens with zero attached hydrogens (tertiary/aromatic N) is 2. The third-order valence-corrected chi connectivity index (χ3v) is 2.81. The molecule has 0 fully saturated rings. The second-order valence-electron chi connectivity index (χ2n) is 4.19. The Hall–Kier alpha value is -3.01. The summed E-state index contributed by atoms with van der Waals surface area (Å²) in [5.41, 5.74) is 0.0887. The second-order valence-corrected chi connectivity index (χ2v) is 4.19. The summed E-state index contributed by atoms with van der Waals surface area (Å²) >= 11 is 0. The van der Waals surface area contributed by atoms with Crippen LogP contribution in [0.1, 0.15) is 11.1 Å². The molecule has 0 saturated heterocycles. The summed E-state index contributed by atoms with van der Waals surface area (Å²) in [5, 5.41) is 22.2. The largest absolute Gasteiger partial charge is 0.375 e. The topological polar surface area (TPSA) is 79.0 Å². The van der Waals surface area contributed by atoms with E-state index in [0.717, 1.165) is 18.2 Å². The van der Waals surface area contributed by atoms with E-state index >= 15 is 0 Å². The van der Waals surface area contributed by atoms with E-state index in [1.54, 1.807) is 0 Å². The lowest BCUT2D eigenvalue weighted by Gasteiger charge is -2.08. The lowest BCUT2D eigenvalue weighted by Crippen LogP contribution is -2.04. The summed E-state index contributed by atoms with van der Waals surface area (Å²) < 4.78 is 26.7. The van der Waals surface area contributed by atoms with Crippen LogP contribution in [0.25, 0.3) is 0 Å². The highest BCUT2D eigenvalue weighted by Crippen LogP contribution is 2.25. The van der Waals surface area contributed by atoms with Gasteiger partial charge in [-0.15, -0.1) is 0 Å². The maximum Gasteiger partial charge on any atom is 0.295 e. The second kappa shape index (κ2) is 5.96. The predicted molar refractivity (Wildman–Crippen MR) is 71.5 cm³/mol. The molecule has 2 aromatic rings. The van der Waals surface area contributed by atoms with Gasteiger partial charge in [-0.2, -0.15) is 5.26 Å². The summed E-state index contributed by atoms with van der Waals surface area (Å²) in [5.74, 6) is -1.32. The molecule has 0 aliphatic rings. The highest BCUT2D eigenvalue weighted by Gasteiger charge is 2.15. The predicted octanol–water partition coefficient (Wildman–Crippen LogP) is 3.36. The first-order valence-corrected chi connectivity index (χ1v) is 5.87. The zero-order valence-corrected chi connectivity index (χ0v) is 10.6. The third kappa shape index (κ3) is 3.30. The zero-order valence-electron chi connectivity index (χ0n) is 10.6. The molecular weight excluding hydrogens is 280 g/mol. The summed E-state index contributed by atoms with van der Waals surface area (Å²) in [7, 11) is 0. The van der Waals surface area contributed by atoms with Crippen LogP contribution in [0.3, 0.4) is 0 Å². The van der Waals surface area contributed by atoms with Gasteiger partial charge in [0, 0.05) is 12.1 Å². The maximum absolute atomic E-state index is 13.7. The average molecular weight is 289 g/mol. The summed E-state index contributed by atoms with van der Waals surface area (Å²) in [6.07, 6.45) is 0. The van der Waals surface area contributed by atoms with Crippen molar-refractivity contribution in [3.05, 3.63) is 69.3 Å². The van der Waals surface area contributed by atoms with Gasteiger partial charge in [0.2, 0.25) is 0 Å². The Bertz CT molecular complexity index is 741. The molecule has 0 spiro atoms. The Morgan fingerprint density at radius 2 is 2.00 bits per heavy atom. The molecule has 0 radical (unpaired) electrons. The number of nitrogens with one attached hydrogen (secondary N) is 1. The molecule has 2 aromatic carbocycles. The van der Waals surface area contributed by atoms with Gasteiger partial charge in [-0.05, 0) is 24.3 Å². The van der Waals surface area contributed by atoms with E-state index in [9.17, 15) is 18.9 Å². The molecule has 0 aliphatic heterocycles. The van der Waals surface area contributed by atoms with Crippen LogP contribution in [0.5, 0.6) is 0 Å². The van der Waals surface area contributed by atoms with Crippen LogP contribution in [0.2, 0.25) is 0 Å². The number of anilines is 1. The molecule has 0 atom stereocenters. The lowest BCUT2D eigenvalue weighted by molar-refractivity contribution is -0.384. The van der Waals surface area contributed by atoms with E-state index in [2.05, 4.69) is 5.32 Å². The summed E-state index contributed by atoms with van der Waals surface area (Å²) in [6, 6.07) is 8.82. The zero-order chi connectivity index (χ0) is 15.4. The van der Waals surface area contributed by atoms with Crippen molar-refractivity contribution in [2.75, 3.05) is 5.32 Å². The Morgan fingerprint density at radius 1 is 1.24 bits per heavy atom. The van der Waals surface area contributed by atoms with E-state index < -0.39 is 22.2 Å². The van der Waals surface area contributed by atoms with Crippen molar-refractivity contribution < 1.29 is 13.7 Å². The molecule has 0 aliphatic carbocycles. The number of hydrogen-bond acceptors (Lipinski definition) is 4. The fourth-order valence-corrected chi connectivity index (χ4v) is 1.76. The Kier molecular flexibility index (Phi) is 4.09. The third-order valence-electron chi connectivity index (χ3n) is 2.81. The van der Waals surface area contributed by atoms with Crippen LogP contribution >= 0.6 is 0 Å². The Balaban J connectivity index is 2.21. The number of rotatable bonds is 4. The van der Waals surface area contributed by atoms with Crippen LogP contribution in [0.15, 0.2) is 36.4 Å². The summed E-state index contributed by atoms with van der Waals surface area (Å²) in [4.78, 5) is 10.1. The molecular formula is C14H9F2N3O2. The molecule has 0 saturated carbocycles. The SMILES string of the molecule is N#Cc1ccc(CNc2ccc(F)cc2[N+](=O)[O-])c(F)c1. The van der Waals surface area contributed by atoms with Gasteiger partial charge < -0.3 is 5.32 Å². The van der Waals surface area contributed by atoms with Crippen molar-refractivity contribution >= 4 is 11.4 Å². The van der Waals surface area contributed by atoms with Crippen LogP contribution in [0.4, 0.5) is 20.2 Å². The van der Waals surface area contributed by atoms with Gasteiger partial charge in [-0.3, -0.25) is 10.1 Å². The average Bonchev–Trinajstić information content (AvgIpc) is 2.46. The normalized spacial score (nSPS) is 9.95. The molecule has 0 unspecified atom stereocenters. The standard InChI is InChI=1S/C14H9F2N3O2/c15-11-3-4-13(14(6-11)19(20)21)18-8-10-2-1-9(7-17)5-12(10)16/h1-6,18H,8H2. The number of benzene rings is 2. The molecule has 0 aromatic heterocycles. The van der Waals surface area contributed by atoms with Crippen LogP contribution in [-0.2, 0) is 6.54 Å². The first-order chi connectivity index (χ1) is 10.0. The van der Waals surface area contributed by atoms with E-state index in [-0.39, 0.29) is 23.4 Å². The van der Waals surface area contributed by atoms with E-state index in [0.29, 0.717) is 0 Å². The van der Waals surface area contributed by atoms with Gasteiger partial charge in [0.25, 0.3) is 5.69 Å². The van der Waals surface area contributed by atoms with E-state index in [4.69, 9.17) is 5.26 Å². The maximum atomic E-state index is 13.7. The van der Waals surface area contributed by atoms with Gasteiger partial charge in [0.05, 0.1) is 22.6 Å². The van der Waals surface area contributed by atoms with Gasteiger partial charge in [-0.25, -0.2) is 8.78 Å². The Labute approximate surface area is 118 Å². The fraction of sp³-hybridized carbons (Fsp3) is 0.0714. The molecule has 0 amide bonds. The number of nitriles is 1. The molecule has 2 rings (SSSR count). The number of nitro groups is 1. The van der Waals surface area contributed by atoms with Gasteiger partial charge in [0.15, 0.2) is 0 Å². The molecule has 0 bridgehead atoms. The van der Waals surface area contributed by atoms with Crippen molar-refractivity contribution in [1.29, 1.82) is 5.26 Å². The molecule has 5 nitrogen and oxygen atoms in total. The van der Waals surface area contributed by atoms with E-state index in [1.165, 1.54) is 18.2 Å². The molecule has 106 valence electrons. The van der Waals surface area contributed by atoms with Crippen LogP contribution in [-0.4, -0.2) is 4.92 Å². The quantitative estimate of drug-likeness (QED) is 0.691. The van der Waals surface area contributed by atoms with Crippen molar-refractivity contribution in [3.63, 3.8) is 0 Å². The monoisotopic (exact) mass is 289 g/mol. The van der Waals surface area contributed by atoms with Crippen molar-refractivity contribution in [2.45, 2.75) is 6.54 Å². The lowest BCUT2D eigenvalue weighted by atomic mass is 10.1. The van der Waals surface area contributed by atoms with Crippen LogP contribution < -0.4 is 5.32 Å². The first-order valence-electron chi connectivity index (χ1n) is 5.87. The van der Waals surface area contributed by atoms with Crippen LogP contribution in [0, 0.1) is 33.1 Å². The smallest absolute Gasteiger partial charge is 0.295 e. The van der Waals surface area contributed by atoms with Crippen molar-refractivity contribution in [1.82, 2.24) is 0 Å². The number of halogens is 2. The minimum absolute atomic E-state index is 0.0238. The number of hydrogen-bond donors (Lipinski definition) is 1. The highest BCUT2D eigenvalue weighted by molar-refractivity contribution is 5.61.